The minimum absolute atomic E-state index is 0.121. The molecule has 0 unspecified atom stereocenters. The normalized spacial score (nSPS) is 9.93. The number of rotatable bonds is 2. The van der Waals surface area contributed by atoms with E-state index in [1.807, 2.05) is 0 Å². The van der Waals surface area contributed by atoms with Crippen molar-refractivity contribution < 1.29 is 9.84 Å². The highest BCUT2D eigenvalue weighted by atomic mass is 16.5. The molecule has 0 aliphatic rings. The minimum Gasteiger partial charge on any atom is -0.506 e. The Morgan fingerprint density at radius 3 is 2.67 bits per heavy atom. The second-order valence-electron chi connectivity index (χ2n) is 2.95. The van der Waals surface area contributed by atoms with Gasteiger partial charge in [0.15, 0.2) is 0 Å². The van der Waals surface area contributed by atoms with Gasteiger partial charge in [-0.05, 0) is 24.3 Å². The van der Waals surface area contributed by atoms with Crippen molar-refractivity contribution >= 4 is 0 Å². The molecule has 0 aliphatic carbocycles. The molecule has 1 N–H and O–H groups in total. The lowest BCUT2D eigenvalue weighted by atomic mass is 10.2. The quantitative estimate of drug-likeness (QED) is 0.807. The molecule has 0 fully saturated rings. The maximum Gasteiger partial charge on any atom is 0.143 e. The summed E-state index contributed by atoms with van der Waals surface area (Å²) >= 11 is 0. The number of methoxy groups -OCH3 is 1. The van der Waals surface area contributed by atoms with E-state index in [4.69, 9.17) is 4.74 Å². The Kier molecular flexibility index (Phi) is 2.49. The molecule has 15 heavy (non-hydrogen) atoms. The lowest BCUT2D eigenvalue weighted by Crippen LogP contribution is -1.89. The molecule has 2 aromatic heterocycles. The van der Waals surface area contributed by atoms with E-state index in [1.165, 1.54) is 0 Å². The van der Waals surface area contributed by atoms with Crippen molar-refractivity contribution in [1.29, 1.82) is 0 Å². The Labute approximate surface area is 87.2 Å². The molecule has 2 heterocycles. The molecule has 0 amide bonds. The Morgan fingerprint density at radius 1 is 1.20 bits per heavy atom. The second-order valence-corrected chi connectivity index (χ2v) is 2.95. The van der Waals surface area contributed by atoms with Gasteiger partial charge in [-0.15, -0.1) is 0 Å². The molecule has 0 spiro atoms. The summed E-state index contributed by atoms with van der Waals surface area (Å²) in [7, 11) is 1.58. The van der Waals surface area contributed by atoms with E-state index in [2.05, 4.69) is 9.97 Å². The van der Waals surface area contributed by atoms with Crippen molar-refractivity contribution in [3.63, 3.8) is 0 Å². The van der Waals surface area contributed by atoms with Crippen molar-refractivity contribution in [1.82, 2.24) is 9.97 Å². The van der Waals surface area contributed by atoms with E-state index in [0.29, 0.717) is 17.1 Å². The molecule has 0 radical (unpaired) electrons. The first-order valence-electron chi connectivity index (χ1n) is 4.45. The van der Waals surface area contributed by atoms with Crippen LogP contribution in [0.1, 0.15) is 0 Å². The third-order valence-electron chi connectivity index (χ3n) is 2.00. The summed E-state index contributed by atoms with van der Waals surface area (Å²) in [6.07, 6.45) is 3.20. The standard InChI is InChI=1S/C11H10N2O2/c1-15-8-4-5-9(13-7-8)11-10(14)3-2-6-12-11/h2-7,14H,1H3. The monoisotopic (exact) mass is 202 g/mol. The average Bonchev–Trinajstić information content (AvgIpc) is 2.30. The molecule has 0 saturated carbocycles. The first kappa shape index (κ1) is 9.45. The Bertz CT molecular complexity index is 454. The summed E-state index contributed by atoms with van der Waals surface area (Å²) < 4.78 is 4.99. The van der Waals surface area contributed by atoms with Crippen LogP contribution in [0.4, 0.5) is 0 Å². The van der Waals surface area contributed by atoms with Gasteiger partial charge in [0.2, 0.25) is 0 Å². The van der Waals surface area contributed by atoms with Crippen molar-refractivity contribution in [2.75, 3.05) is 7.11 Å². The molecule has 0 saturated heterocycles. The van der Waals surface area contributed by atoms with E-state index >= 15 is 0 Å². The summed E-state index contributed by atoms with van der Waals surface area (Å²) in [5, 5.41) is 9.56. The van der Waals surface area contributed by atoms with Crippen molar-refractivity contribution in [2.24, 2.45) is 0 Å². The van der Waals surface area contributed by atoms with Crippen molar-refractivity contribution in [2.45, 2.75) is 0 Å². The van der Waals surface area contributed by atoms with Crippen LogP contribution in [0.3, 0.4) is 0 Å². The van der Waals surface area contributed by atoms with E-state index in [-0.39, 0.29) is 5.75 Å². The fourth-order valence-electron chi connectivity index (χ4n) is 1.24. The lowest BCUT2D eigenvalue weighted by molar-refractivity contribution is 0.413. The maximum atomic E-state index is 9.56. The van der Waals surface area contributed by atoms with Crippen LogP contribution in [0, 0.1) is 0 Å². The SMILES string of the molecule is COc1ccc(-c2ncccc2O)nc1. The van der Waals surface area contributed by atoms with Gasteiger partial charge in [-0.2, -0.15) is 0 Å². The zero-order valence-corrected chi connectivity index (χ0v) is 8.21. The zero-order valence-electron chi connectivity index (χ0n) is 8.21. The number of aromatic nitrogens is 2. The van der Waals surface area contributed by atoms with Gasteiger partial charge in [-0.1, -0.05) is 0 Å². The Hall–Kier alpha value is -2.10. The summed E-state index contributed by atoms with van der Waals surface area (Å²) in [6.45, 7) is 0. The van der Waals surface area contributed by atoms with Crippen LogP contribution in [0.25, 0.3) is 11.4 Å². The third-order valence-corrected chi connectivity index (χ3v) is 2.00. The Balaban J connectivity index is 2.42. The van der Waals surface area contributed by atoms with Gasteiger partial charge in [0.25, 0.3) is 0 Å². The van der Waals surface area contributed by atoms with Gasteiger partial charge in [-0.3, -0.25) is 9.97 Å². The first-order valence-corrected chi connectivity index (χ1v) is 4.45. The van der Waals surface area contributed by atoms with E-state index in [9.17, 15) is 5.11 Å². The summed E-state index contributed by atoms with van der Waals surface area (Å²) in [5.74, 6) is 0.796. The fraction of sp³-hybridized carbons (Fsp3) is 0.0909. The molecule has 2 rings (SSSR count). The molecular weight excluding hydrogens is 192 g/mol. The van der Waals surface area contributed by atoms with E-state index in [0.717, 1.165) is 0 Å². The summed E-state index contributed by atoms with van der Waals surface area (Å²) in [6, 6.07) is 6.77. The number of hydrogen-bond acceptors (Lipinski definition) is 4. The smallest absolute Gasteiger partial charge is 0.143 e. The molecule has 4 nitrogen and oxygen atoms in total. The van der Waals surface area contributed by atoms with Gasteiger partial charge in [0.05, 0.1) is 19.0 Å². The van der Waals surface area contributed by atoms with Crippen LogP contribution in [-0.2, 0) is 0 Å². The lowest BCUT2D eigenvalue weighted by Gasteiger charge is -2.03. The van der Waals surface area contributed by atoms with Crippen molar-refractivity contribution in [3.05, 3.63) is 36.7 Å². The predicted octanol–water partition coefficient (Wildman–Crippen LogP) is 1.86. The molecule has 0 aliphatic heterocycles. The highest BCUT2D eigenvalue weighted by molar-refractivity contribution is 5.61. The van der Waals surface area contributed by atoms with Crippen LogP contribution < -0.4 is 4.74 Å². The molecule has 0 bridgehead atoms. The molecule has 76 valence electrons. The Morgan fingerprint density at radius 2 is 2.07 bits per heavy atom. The molecule has 0 atom stereocenters. The van der Waals surface area contributed by atoms with Crippen LogP contribution >= 0.6 is 0 Å². The van der Waals surface area contributed by atoms with Crippen LogP contribution in [0.15, 0.2) is 36.7 Å². The van der Waals surface area contributed by atoms with E-state index in [1.54, 1.807) is 43.8 Å². The number of ether oxygens (including phenoxy) is 1. The van der Waals surface area contributed by atoms with Gasteiger partial charge in [0.1, 0.15) is 17.2 Å². The van der Waals surface area contributed by atoms with Crippen LogP contribution in [-0.4, -0.2) is 22.2 Å². The first-order chi connectivity index (χ1) is 7.31. The van der Waals surface area contributed by atoms with Gasteiger partial charge < -0.3 is 9.84 Å². The molecular formula is C11H10N2O2. The zero-order chi connectivity index (χ0) is 10.7. The highest BCUT2D eigenvalue weighted by Crippen LogP contribution is 2.25. The number of nitrogens with zero attached hydrogens (tertiary/aromatic N) is 2. The van der Waals surface area contributed by atoms with E-state index < -0.39 is 0 Å². The minimum atomic E-state index is 0.121. The summed E-state index contributed by atoms with van der Waals surface area (Å²) in [5.41, 5.74) is 1.09. The molecule has 2 aromatic rings. The number of pyridine rings is 2. The number of aromatic hydroxyl groups is 1. The number of hydrogen-bond donors (Lipinski definition) is 1. The largest absolute Gasteiger partial charge is 0.506 e. The summed E-state index contributed by atoms with van der Waals surface area (Å²) in [4.78, 5) is 8.18. The molecule has 0 aromatic carbocycles. The fourth-order valence-corrected chi connectivity index (χ4v) is 1.24. The average molecular weight is 202 g/mol. The second kappa shape index (κ2) is 3.96. The van der Waals surface area contributed by atoms with Gasteiger partial charge in [-0.25, -0.2) is 0 Å². The van der Waals surface area contributed by atoms with Crippen LogP contribution in [0.5, 0.6) is 11.5 Å². The predicted molar refractivity (Wildman–Crippen MR) is 55.7 cm³/mol. The third kappa shape index (κ3) is 1.88. The highest BCUT2D eigenvalue weighted by Gasteiger charge is 2.05. The maximum absolute atomic E-state index is 9.56. The van der Waals surface area contributed by atoms with Gasteiger partial charge >= 0.3 is 0 Å². The van der Waals surface area contributed by atoms with Crippen molar-refractivity contribution in [3.8, 4) is 22.9 Å². The van der Waals surface area contributed by atoms with Gasteiger partial charge in [0, 0.05) is 6.20 Å². The molecule has 4 heteroatoms. The van der Waals surface area contributed by atoms with Crippen LogP contribution in [0.2, 0.25) is 0 Å². The topological polar surface area (TPSA) is 55.2 Å².